The molecule has 0 saturated carbocycles. The minimum atomic E-state index is -0.289. The molecule has 2 aromatic carbocycles. The van der Waals surface area contributed by atoms with Crippen LogP contribution < -0.4 is 14.8 Å². The molecule has 2 rings (SSSR count). The van der Waals surface area contributed by atoms with Gasteiger partial charge in [-0.25, -0.2) is 0 Å². The molecule has 2 aromatic rings. The Morgan fingerprint density at radius 2 is 1.75 bits per heavy atom. The molecule has 1 N–H and O–H groups in total. The number of anilines is 1. The Bertz CT molecular complexity index is 746. The first-order valence-corrected chi connectivity index (χ1v) is 10.8. The van der Waals surface area contributed by atoms with Gasteiger partial charge in [0.15, 0.2) is 12.4 Å². The highest BCUT2D eigenvalue weighted by Crippen LogP contribution is 2.36. The lowest BCUT2D eigenvalue weighted by Gasteiger charge is -2.11. The van der Waals surface area contributed by atoms with E-state index in [1.54, 1.807) is 24.3 Å². The minimum Gasteiger partial charge on any atom is -0.494 e. The summed E-state index contributed by atoms with van der Waals surface area (Å²) in [6.45, 7) is 2.74. The van der Waals surface area contributed by atoms with Crippen LogP contribution in [0, 0.1) is 0 Å². The van der Waals surface area contributed by atoms with Crippen molar-refractivity contribution in [3.63, 3.8) is 0 Å². The monoisotopic (exact) mass is 487 g/mol. The Kier molecular flexibility index (Phi) is 9.96. The summed E-state index contributed by atoms with van der Waals surface area (Å²) in [7, 11) is 0. The summed E-state index contributed by atoms with van der Waals surface area (Å²) >= 11 is 15.3. The lowest BCUT2D eigenvalue weighted by molar-refractivity contribution is -0.118. The SMILES string of the molecule is CCCCCCCOc1ccc(NC(=O)COc2c(Cl)cc(Cl)cc2Br)cc1. The van der Waals surface area contributed by atoms with Crippen LogP contribution in [-0.4, -0.2) is 19.1 Å². The number of amides is 1. The van der Waals surface area contributed by atoms with Crippen molar-refractivity contribution in [2.75, 3.05) is 18.5 Å². The Labute approximate surface area is 184 Å². The van der Waals surface area contributed by atoms with Crippen molar-refractivity contribution >= 4 is 50.7 Å². The fourth-order valence-electron chi connectivity index (χ4n) is 2.53. The average Bonchev–Trinajstić information content (AvgIpc) is 2.65. The third kappa shape index (κ3) is 7.90. The van der Waals surface area contributed by atoms with Gasteiger partial charge < -0.3 is 14.8 Å². The minimum absolute atomic E-state index is 0.171. The molecule has 0 bridgehead atoms. The molecule has 0 saturated heterocycles. The van der Waals surface area contributed by atoms with Crippen LogP contribution in [0.4, 0.5) is 5.69 Å². The molecule has 152 valence electrons. The summed E-state index contributed by atoms with van der Waals surface area (Å²) in [5, 5.41) is 3.60. The maximum Gasteiger partial charge on any atom is 0.262 e. The fraction of sp³-hybridized carbons (Fsp3) is 0.381. The van der Waals surface area contributed by atoms with E-state index in [0.29, 0.717) is 32.6 Å². The lowest BCUT2D eigenvalue weighted by atomic mass is 10.2. The molecule has 0 spiro atoms. The molecular formula is C21H24BrCl2NO3. The van der Waals surface area contributed by atoms with Crippen LogP contribution >= 0.6 is 39.1 Å². The summed E-state index contributed by atoms with van der Waals surface area (Å²) < 4.78 is 11.8. The van der Waals surface area contributed by atoms with Gasteiger partial charge >= 0.3 is 0 Å². The first-order chi connectivity index (χ1) is 13.5. The van der Waals surface area contributed by atoms with Crippen molar-refractivity contribution in [1.82, 2.24) is 0 Å². The average molecular weight is 489 g/mol. The maximum atomic E-state index is 12.1. The number of nitrogens with one attached hydrogen (secondary N) is 1. The van der Waals surface area contributed by atoms with Crippen LogP contribution in [0.1, 0.15) is 39.0 Å². The molecule has 28 heavy (non-hydrogen) atoms. The number of benzene rings is 2. The number of carbonyl (C=O) groups is 1. The quantitative estimate of drug-likeness (QED) is 0.342. The van der Waals surface area contributed by atoms with Gasteiger partial charge in [-0.15, -0.1) is 0 Å². The molecule has 0 aliphatic carbocycles. The van der Waals surface area contributed by atoms with Gasteiger partial charge in [-0.3, -0.25) is 4.79 Å². The predicted molar refractivity (Wildman–Crippen MR) is 119 cm³/mol. The van der Waals surface area contributed by atoms with Gasteiger partial charge in [-0.1, -0.05) is 55.8 Å². The Hall–Kier alpha value is -1.43. The topological polar surface area (TPSA) is 47.6 Å². The summed E-state index contributed by atoms with van der Waals surface area (Å²) in [5.41, 5.74) is 0.671. The fourth-order valence-corrected chi connectivity index (χ4v) is 3.90. The van der Waals surface area contributed by atoms with Crippen LogP contribution in [-0.2, 0) is 4.79 Å². The molecule has 0 aromatic heterocycles. The Balaban J connectivity index is 1.75. The number of carbonyl (C=O) groups excluding carboxylic acids is 1. The van der Waals surface area contributed by atoms with E-state index < -0.39 is 0 Å². The Morgan fingerprint density at radius 1 is 1.04 bits per heavy atom. The number of ether oxygens (including phenoxy) is 2. The second-order valence-electron chi connectivity index (χ2n) is 6.32. The highest BCUT2D eigenvalue weighted by molar-refractivity contribution is 9.10. The van der Waals surface area contributed by atoms with E-state index in [-0.39, 0.29) is 12.5 Å². The highest BCUT2D eigenvalue weighted by atomic mass is 79.9. The molecule has 7 heteroatoms. The smallest absolute Gasteiger partial charge is 0.262 e. The summed E-state index contributed by atoms with van der Waals surface area (Å²) in [6, 6.07) is 10.5. The molecule has 4 nitrogen and oxygen atoms in total. The van der Waals surface area contributed by atoms with Gasteiger partial charge in [0.05, 0.1) is 16.1 Å². The van der Waals surface area contributed by atoms with E-state index >= 15 is 0 Å². The Morgan fingerprint density at radius 3 is 2.43 bits per heavy atom. The largest absolute Gasteiger partial charge is 0.494 e. The molecule has 0 heterocycles. The summed E-state index contributed by atoms with van der Waals surface area (Å²) in [5.74, 6) is 0.882. The van der Waals surface area contributed by atoms with Gasteiger partial charge in [0.1, 0.15) is 5.75 Å². The van der Waals surface area contributed by atoms with Gasteiger partial charge in [0, 0.05) is 10.7 Å². The van der Waals surface area contributed by atoms with Crippen LogP contribution in [0.5, 0.6) is 11.5 Å². The van der Waals surface area contributed by atoms with E-state index in [1.807, 2.05) is 12.1 Å². The van der Waals surface area contributed by atoms with E-state index in [4.69, 9.17) is 32.7 Å². The van der Waals surface area contributed by atoms with Crippen molar-refractivity contribution in [2.45, 2.75) is 39.0 Å². The second kappa shape index (κ2) is 12.2. The van der Waals surface area contributed by atoms with E-state index in [0.717, 1.165) is 12.2 Å². The molecular weight excluding hydrogens is 465 g/mol. The van der Waals surface area contributed by atoms with Crippen LogP contribution in [0.15, 0.2) is 40.9 Å². The van der Waals surface area contributed by atoms with E-state index in [9.17, 15) is 4.79 Å². The normalized spacial score (nSPS) is 10.6. The zero-order valence-corrected chi connectivity index (χ0v) is 18.9. The van der Waals surface area contributed by atoms with Crippen LogP contribution in [0.2, 0.25) is 10.0 Å². The number of halogens is 3. The number of hydrogen-bond donors (Lipinski definition) is 1. The van der Waals surface area contributed by atoms with Crippen molar-refractivity contribution in [1.29, 1.82) is 0 Å². The first-order valence-electron chi connectivity index (χ1n) is 9.29. The molecule has 0 atom stereocenters. The molecule has 0 aliphatic heterocycles. The number of unbranched alkanes of at least 4 members (excludes halogenated alkanes) is 4. The van der Waals surface area contributed by atoms with E-state index in [2.05, 4.69) is 28.2 Å². The van der Waals surface area contributed by atoms with Gasteiger partial charge in [-0.05, 0) is 58.7 Å². The van der Waals surface area contributed by atoms with Crippen molar-refractivity contribution in [2.24, 2.45) is 0 Å². The molecule has 1 amide bonds. The molecule has 0 radical (unpaired) electrons. The summed E-state index contributed by atoms with van der Waals surface area (Å²) in [6.07, 6.45) is 6.02. The standard InChI is InChI=1S/C21H24BrCl2NO3/c1-2-3-4-5-6-11-27-17-9-7-16(8-10-17)25-20(26)14-28-21-18(22)12-15(23)13-19(21)24/h7-10,12-13H,2-6,11,14H2,1H3,(H,25,26). The number of rotatable bonds is 11. The van der Waals surface area contributed by atoms with Gasteiger partial charge in [0.25, 0.3) is 5.91 Å². The third-order valence-corrected chi connectivity index (χ3v) is 5.05. The summed E-state index contributed by atoms with van der Waals surface area (Å²) in [4.78, 5) is 12.1. The van der Waals surface area contributed by atoms with Crippen LogP contribution in [0.25, 0.3) is 0 Å². The molecule has 0 fully saturated rings. The highest BCUT2D eigenvalue weighted by Gasteiger charge is 2.11. The van der Waals surface area contributed by atoms with Crippen LogP contribution in [0.3, 0.4) is 0 Å². The zero-order chi connectivity index (χ0) is 20.4. The zero-order valence-electron chi connectivity index (χ0n) is 15.8. The van der Waals surface area contributed by atoms with Gasteiger partial charge in [-0.2, -0.15) is 0 Å². The third-order valence-electron chi connectivity index (χ3n) is 3.97. The van der Waals surface area contributed by atoms with E-state index in [1.165, 1.54) is 25.7 Å². The van der Waals surface area contributed by atoms with Gasteiger partial charge in [0.2, 0.25) is 0 Å². The van der Waals surface area contributed by atoms with Crippen molar-refractivity contribution in [3.05, 3.63) is 50.9 Å². The molecule has 0 aliphatic rings. The number of hydrogen-bond acceptors (Lipinski definition) is 3. The first kappa shape index (κ1) is 22.9. The lowest BCUT2D eigenvalue weighted by Crippen LogP contribution is -2.20. The van der Waals surface area contributed by atoms with Crippen molar-refractivity contribution < 1.29 is 14.3 Å². The van der Waals surface area contributed by atoms with Crippen molar-refractivity contribution in [3.8, 4) is 11.5 Å². The predicted octanol–water partition coefficient (Wildman–Crippen LogP) is 7.12. The second-order valence-corrected chi connectivity index (χ2v) is 8.02. The molecule has 0 unspecified atom stereocenters. The maximum absolute atomic E-state index is 12.1.